The molecule has 0 aliphatic heterocycles. The molecule has 1 N–H and O–H groups in total. The smallest absolute Gasteiger partial charge is 0.188 e. The number of hydrogen-bond acceptors (Lipinski definition) is 4. The third-order valence-corrected chi connectivity index (χ3v) is 3.73. The lowest BCUT2D eigenvalue weighted by atomic mass is 10.0. The first-order valence-electron chi connectivity index (χ1n) is 7.26. The Hall–Kier alpha value is -2.50. The molecule has 0 atom stereocenters. The molecule has 0 spiro atoms. The molecule has 6 heteroatoms. The summed E-state index contributed by atoms with van der Waals surface area (Å²) in [5.41, 5.74) is 0.889. The molecule has 0 aliphatic carbocycles. The average molecular weight is 299 g/mol. The molecule has 0 amide bonds. The maximum absolute atomic E-state index is 14.0. The van der Waals surface area contributed by atoms with Crippen molar-refractivity contribution in [2.75, 3.05) is 5.32 Å². The molecule has 2 heterocycles. The van der Waals surface area contributed by atoms with Gasteiger partial charge in [0.05, 0.1) is 5.56 Å². The Morgan fingerprint density at radius 3 is 2.64 bits per heavy atom. The molecule has 3 rings (SSSR count). The van der Waals surface area contributed by atoms with Crippen molar-refractivity contribution in [3.8, 4) is 11.4 Å². The van der Waals surface area contributed by atoms with Crippen LogP contribution in [0.15, 0.2) is 36.4 Å². The van der Waals surface area contributed by atoms with Gasteiger partial charge in [0.15, 0.2) is 11.5 Å². The first-order chi connectivity index (χ1) is 10.5. The number of fused-ring (bicyclic) bond motifs is 1. The Labute approximate surface area is 128 Å². The van der Waals surface area contributed by atoms with Crippen LogP contribution in [0.4, 0.5) is 10.2 Å². The highest BCUT2D eigenvalue weighted by Crippen LogP contribution is 2.22. The van der Waals surface area contributed by atoms with Crippen LogP contribution in [-0.4, -0.2) is 25.4 Å². The zero-order chi connectivity index (χ0) is 15.7. The molecular weight excluding hydrogens is 281 g/mol. The Bertz CT molecular complexity index is 809. The standard InChI is InChI=1S/C16H18FN5/c1-4-16(2,3)18-13-9-10-14-19-20-15(22(14)21-13)11-7-5-6-8-12(11)17/h5-10H,4H2,1-3H3,(H,18,21). The summed E-state index contributed by atoms with van der Waals surface area (Å²) in [6, 6.07) is 10.2. The summed E-state index contributed by atoms with van der Waals surface area (Å²) >= 11 is 0. The highest BCUT2D eigenvalue weighted by atomic mass is 19.1. The second kappa shape index (κ2) is 5.36. The van der Waals surface area contributed by atoms with Crippen LogP contribution >= 0.6 is 0 Å². The molecule has 0 radical (unpaired) electrons. The van der Waals surface area contributed by atoms with E-state index >= 15 is 0 Å². The fourth-order valence-corrected chi connectivity index (χ4v) is 2.10. The number of benzene rings is 1. The third-order valence-electron chi connectivity index (χ3n) is 3.73. The first kappa shape index (κ1) is 14.4. The Morgan fingerprint density at radius 2 is 1.91 bits per heavy atom. The normalized spacial score (nSPS) is 11.8. The molecule has 3 aromatic rings. The van der Waals surface area contributed by atoms with E-state index < -0.39 is 0 Å². The Morgan fingerprint density at radius 1 is 1.14 bits per heavy atom. The maximum atomic E-state index is 14.0. The molecule has 0 saturated heterocycles. The van der Waals surface area contributed by atoms with E-state index in [0.717, 1.165) is 6.42 Å². The van der Waals surface area contributed by atoms with Crippen LogP contribution in [-0.2, 0) is 0 Å². The average Bonchev–Trinajstić information content (AvgIpc) is 2.90. The Kier molecular flexibility index (Phi) is 3.52. The van der Waals surface area contributed by atoms with Crippen LogP contribution in [0.25, 0.3) is 17.0 Å². The Balaban J connectivity index is 2.08. The summed E-state index contributed by atoms with van der Waals surface area (Å²) in [6.07, 6.45) is 0.953. The fraction of sp³-hybridized carbons (Fsp3) is 0.312. The van der Waals surface area contributed by atoms with Crippen LogP contribution in [0.1, 0.15) is 27.2 Å². The summed E-state index contributed by atoms with van der Waals surface area (Å²) in [5, 5.41) is 16.0. The van der Waals surface area contributed by atoms with Crippen molar-refractivity contribution in [2.45, 2.75) is 32.7 Å². The van der Waals surface area contributed by atoms with Crippen LogP contribution in [0.5, 0.6) is 0 Å². The zero-order valence-corrected chi connectivity index (χ0v) is 12.8. The van der Waals surface area contributed by atoms with Gasteiger partial charge in [0, 0.05) is 5.54 Å². The maximum Gasteiger partial charge on any atom is 0.188 e. The lowest BCUT2D eigenvalue weighted by molar-refractivity contribution is 0.543. The molecule has 0 fully saturated rings. The van der Waals surface area contributed by atoms with Crippen molar-refractivity contribution >= 4 is 11.5 Å². The van der Waals surface area contributed by atoms with Gasteiger partial charge >= 0.3 is 0 Å². The SMILES string of the molecule is CCC(C)(C)Nc1ccc2nnc(-c3ccccc3F)n2n1. The summed E-state index contributed by atoms with van der Waals surface area (Å²) in [7, 11) is 0. The van der Waals surface area contributed by atoms with Crippen molar-refractivity contribution in [2.24, 2.45) is 0 Å². The van der Waals surface area contributed by atoms with Crippen LogP contribution in [0, 0.1) is 5.82 Å². The molecule has 0 bridgehead atoms. The minimum atomic E-state index is -0.342. The van der Waals surface area contributed by atoms with Crippen molar-refractivity contribution < 1.29 is 4.39 Å². The van der Waals surface area contributed by atoms with Crippen molar-refractivity contribution in [1.29, 1.82) is 0 Å². The van der Waals surface area contributed by atoms with Gasteiger partial charge in [-0.1, -0.05) is 19.1 Å². The zero-order valence-electron chi connectivity index (χ0n) is 12.8. The van der Waals surface area contributed by atoms with Gasteiger partial charge < -0.3 is 5.32 Å². The number of nitrogens with one attached hydrogen (secondary N) is 1. The molecule has 1 aromatic carbocycles. The van der Waals surface area contributed by atoms with E-state index in [0.29, 0.717) is 22.9 Å². The minimum Gasteiger partial charge on any atom is -0.364 e. The molecule has 0 unspecified atom stereocenters. The van der Waals surface area contributed by atoms with Crippen molar-refractivity contribution in [3.63, 3.8) is 0 Å². The number of nitrogens with zero attached hydrogens (tertiary/aromatic N) is 4. The topological polar surface area (TPSA) is 55.1 Å². The van der Waals surface area contributed by atoms with E-state index in [9.17, 15) is 4.39 Å². The highest BCUT2D eigenvalue weighted by molar-refractivity contribution is 5.60. The van der Waals surface area contributed by atoms with E-state index in [1.807, 2.05) is 12.1 Å². The van der Waals surface area contributed by atoms with Gasteiger partial charge in [-0.2, -0.15) is 4.52 Å². The lowest BCUT2D eigenvalue weighted by Crippen LogP contribution is -2.30. The number of aromatic nitrogens is 4. The first-order valence-corrected chi connectivity index (χ1v) is 7.26. The van der Waals surface area contributed by atoms with Gasteiger partial charge in [-0.3, -0.25) is 0 Å². The second-order valence-corrected chi connectivity index (χ2v) is 5.85. The summed E-state index contributed by atoms with van der Waals surface area (Å²) in [5.74, 6) is 0.758. The van der Waals surface area contributed by atoms with Gasteiger partial charge in [0.25, 0.3) is 0 Å². The second-order valence-electron chi connectivity index (χ2n) is 5.85. The molecule has 0 aliphatic rings. The van der Waals surface area contributed by atoms with Crippen LogP contribution in [0.3, 0.4) is 0 Å². The number of anilines is 1. The van der Waals surface area contributed by atoms with E-state index in [-0.39, 0.29) is 11.4 Å². The van der Waals surface area contributed by atoms with Gasteiger partial charge in [0.1, 0.15) is 11.6 Å². The van der Waals surface area contributed by atoms with E-state index in [1.165, 1.54) is 6.07 Å². The van der Waals surface area contributed by atoms with Crippen molar-refractivity contribution in [1.82, 2.24) is 19.8 Å². The largest absolute Gasteiger partial charge is 0.364 e. The van der Waals surface area contributed by atoms with Gasteiger partial charge in [-0.25, -0.2) is 4.39 Å². The number of halogens is 1. The summed E-state index contributed by atoms with van der Waals surface area (Å²) in [4.78, 5) is 0. The van der Waals surface area contributed by atoms with E-state index in [2.05, 4.69) is 41.4 Å². The quantitative estimate of drug-likeness (QED) is 0.800. The molecule has 22 heavy (non-hydrogen) atoms. The molecule has 114 valence electrons. The van der Waals surface area contributed by atoms with Crippen molar-refractivity contribution in [3.05, 3.63) is 42.2 Å². The molecule has 0 saturated carbocycles. The van der Waals surface area contributed by atoms with Gasteiger partial charge in [0.2, 0.25) is 0 Å². The van der Waals surface area contributed by atoms with Crippen LogP contribution < -0.4 is 5.32 Å². The number of hydrogen-bond donors (Lipinski definition) is 1. The molecule has 2 aromatic heterocycles. The third kappa shape index (κ3) is 2.64. The van der Waals surface area contributed by atoms with Gasteiger partial charge in [-0.05, 0) is 44.5 Å². The minimum absolute atomic E-state index is 0.0765. The predicted molar refractivity (Wildman–Crippen MR) is 84.2 cm³/mol. The molecular formula is C16H18FN5. The van der Waals surface area contributed by atoms with E-state index in [1.54, 1.807) is 22.7 Å². The fourth-order valence-electron chi connectivity index (χ4n) is 2.10. The summed E-state index contributed by atoms with van der Waals surface area (Å²) < 4.78 is 15.5. The highest BCUT2D eigenvalue weighted by Gasteiger charge is 2.17. The monoisotopic (exact) mass is 299 g/mol. The lowest BCUT2D eigenvalue weighted by Gasteiger charge is -2.24. The summed E-state index contributed by atoms with van der Waals surface area (Å²) in [6.45, 7) is 6.31. The van der Waals surface area contributed by atoms with Crippen LogP contribution in [0.2, 0.25) is 0 Å². The van der Waals surface area contributed by atoms with Gasteiger partial charge in [-0.15, -0.1) is 15.3 Å². The number of rotatable bonds is 4. The predicted octanol–water partition coefficient (Wildman–Crippen LogP) is 3.53. The van der Waals surface area contributed by atoms with E-state index in [4.69, 9.17) is 0 Å². The molecule has 5 nitrogen and oxygen atoms in total.